The fourth-order valence-corrected chi connectivity index (χ4v) is 13.0. The third kappa shape index (κ3) is 8.83. The fourth-order valence-electron chi connectivity index (χ4n) is 11.7. The van der Waals surface area contributed by atoms with Crippen molar-refractivity contribution in [3.8, 4) is 33.4 Å². The van der Waals surface area contributed by atoms with Crippen molar-refractivity contribution in [2.24, 2.45) is 0 Å². The van der Waals surface area contributed by atoms with Crippen LogP contribution in [0.15, 0.2) is 231 Å². The van der Waals surface area contributed by atoms with Crippen LogP contribution in [0.3, 0.4) is 0 Å². The van der Waals surface area contributed by atoms with Crippen LogP contribution in [0, 0.1) is 0 Å². The Balaban J connectivity index is 1.15. The van der Waals surface area contributed by atoms with Crippen LogP contribution in [0.5, 0.6) is 0 Å². The minimum absolute atomic E-state index is 0.00448. The van der Waals surface area contributed by atoms with E-state index in [9.17, 15) is 4.11 Å². The van der Waals surface area contributed by atoms with Gasteiger partial charge in [-0.2, -0.15) is 0 Å². The second-order valence-electron chi connectivity index (χ2n) is 24.3. The second-order valence-corrected chi connectivity index (χ2v) is 25.3. The van der Waals surface area contributed by atoms with Crippen molar-refractivity contribution >= 4 is 95.2 Å². The van der Waals surface area contributed by atoms with Gasteiger partial charge in [-0.05, 0) is 133 Å². The largest absolute Gasteiger partial charge is 0.311 e. The van der Waals surface area contributed by atoms with Crippen LogP contribution in [0.4, 0.5) is 51.2 Å². The highest BCUT2D eigenvalue weighted by atomic mass is 32.1. The molecule has 386 valence electrons. The summed E-state index contributed by atoms with van der Waals surface area (Å²) in [7, 11) is 0. The molecule has 11 aromatic rings. The maximum atomic E-state index is 10.4. The third-order valence-corrected chi connectivity index (χ3v) is 17.1. The summed E-state index contributed by atoms with van der Waals surface area (Å²) in [5.74, 6) is 0. The molecule has 2 aliphatic rings. The molecule has 0 radical (unpaired) electrons. The zero-order valence-electron chi connectivity index (χ0n) is 49.5. The number of benzene rings is 9. The first kappa shape index (κ1) is 46.6. The molecule has 6 heteroatoms. The molecule has 0 amide bonds. The van der Waals surface area contributed by atoms with Crippen molar-refractivity contribution in [3.05, 3.63) is 247 Å². The fraction of sp³-hybridized carbons (Fsp3) is 0.164. The molecule has 0 spiro atoms. The van der Waals surface area contributed by atoms with Gasteiger partial charge < -0.3 is 14.7 Å². The smallest absolute Gasteiger partial charge is 0.264 e. The predicted molar refractivity (Wildman–Crippen MR) is 341 cm³/mol. The summed E-state index contributed by atoms with van der Waals surface area (Å²) in [5.41, 5.74) is 19.2. The molecule has 2 aliphatic heterocycles. The molecule has 0 N–H and O–H groups in total. The Morgan fingerprint density at radius 3 is 1.65 bits per heavy atom. The lowest BCUT2D eigenvalue weighted by Gasteiger charge is -2.44. The Bertz CT molecular complexity index is 4260. The Morgan fingerprint density at radius 2 is 1.01 bits per heavy atom. The van der Waals surface area contributed by atoms with Crippen LogP contribution in [-0.2, 0) is 16.2 Å². The van der Waals surface area contributed by atoms with Gasteiger partial charge in [0.05, 0.1) is 21.2 Å². The van der Waals surface area contributed by atoms with E-state index in [0.29, 0.717) is 11.4 Å². The van der Waals surface area contributed by atoms with Gasteiger partial charge in [0.25, 0.3) is 6.71 Å². The van der Waals surface area contributed by atoms with Crippen molar-refractivity contribution in [1.29, 1.82) is 0 Å². The topological polar surface area (TPSA) is 22.6 Å². The van der Waals surface area contributed by atoms with E-state index in [-0.39, 0.29) is 34.4 Å². The number of hydrogen-bond acceptors (Lipinski definition) is 5. The van der Waals surface area contributed by atoms with E-state index >= 15 is 0 Å². The molecule has 4 nitrogen and oxygen atoms in total. The first-order valence-electron chi connectivity index (χ1n) is 29.1. The van der Waals surface area contributed by atoms with E-state index < -0.39 is 6.71 Å². The van der Waals surface area contributed by atoms with E-state index in [0.717, 1.165) is 99.1 Å². The van der Waals surface area contributed by atoms with Gasteiger partial charge in [0.2, 0.25) is 0 Å². The van der Waals surface area contributed by atoms with Crippen LogP contribution >= 0.6 is 11.3 Å². The summed E-state index contributed by atoms with van der Waals surface area (Å²) >= 11 is 1.69. The number of para-hydroxylation sites is 1. The number of pyridine rings is 1. The normalized spacial score (nSPS) is 13.6. The maximum absolute atomic E-state index is 10.4. The second kappa shape index (κ2) is 19.2. The van der Waals surface area contributed by atoms with Crippen molar-refractivity contribution in [2.75, 3.05) is 14.7 Å². The van der Waals surface area contributed by atoms with Gasteiger partial charge >= 0.3 is 0 Å². The molecule has 4 heterocycles. The molecule has 79 heavy (non-hydrogen) atoms. The molecule has 0 saturated carbocycles. The highest BCUT2D eigenvalue weighted by molar-refractivity contribution is 7.33. The molecule has 0 saturated heterocycles. The molecule has 0 unspecified atom stereocenters. The lowest BCUT2D eigenvalue weighted by atomic mass is 9.36. The van der Waals surface area contributed by atoms with Crippen molar-refractivity contribution in [1.82, 2.24) is 4.98 Å². The van der Waals surface area contributed by atoms with E-state index in [1.54, 1.807) is 11.3 Å². The van der Waals surface area contributed by atoms with Crippen LogP contribution in [0.1, 0.15) is 83.1 Å². The number of fused-ring (bicyclic) bond motifs is 6. The molecule has 0 fully saturated rings. The quantitative estimate of drug-likeness (QED) is 0.141. The molecule has 13 rings (SSSR count). The average Bonchev–Trinajstić information content (AvgIpc) is 1.47. The summed E-state index contributed by atoms with van der Waals surface area (Å²) in [6.07, 6.45) is 1.98. The average molecular weight is 1040 g/mol. The Labute approximate surface area is 475 Å². The summed E-state index contributed by atoms with van der Waals surface area (Å²) in [5, 5.41) is 0.974. The number of rotatable bonds is 8. The summed E-state index contributed by atoms with van der Waals surface area (Å²) in [6, 6.07) is 73.8. The van der Waals surface area contributed by atoms with E-state index in [1.807, 2.05) is 12.3 Å². The number of anilines is 9. The molecule has 2 aromatic heterocycles. The van der Waals surface area contributed by atoms with E-state index in [2.05, 4.69) is 277 Å². The Morgan fingerprint density at radius 1 is 0.468 bits per heavy atom. The first-order valence-corrected chi connectivity index (χ1v) is 28.4. The summed E-state index contributed by atoms with van der Waals surface area (Å²) in [6.45, 7) is 19.8. The highest BCUT2D eigenvalue weighted by Crippen LogP contribution is 2.51. The maximum Gasteiger partial charge on any atom is 0.264 e. The number of nitrogens with zero attached hydrogens (tertiary/aromatic N) is 4. The molecule has 0 atom stereocenters. The molecular formula is C73H65BN4S. The van der Waals surface area contributed by atoms with Gasteiger partial charge in [0.15, 0.2) is 0 Å². The van der Waals surface area contributed by atoms with Gasteiger partial charge in [0, 0.05) is 67.2 Å². The number of hydrogen-bond donors (Lipinski definition) is 0. The molecular weight excluding hydrogens is 976 g/mol. The Hall–Kier alpha value is -8.45. The zero-order valence-corrected chi connectivity index (χ0v) is 47.3. The van der Waals surface area contributed by atoms with Gasteiger partial charge in [0.1, 0.15) is 4.83 Å². The van der Waals surface area contributed by atoms with Gasteiger partial charge in [-0.1, -0.05) is 214 Å². The SMILES string of the molecule is [2H]c1c([2H])c2c3c(c1[2H])N(c1ccc(C(C)(C)C)cc1)c1c(sc4ncc(-c5ccccc5)cc14)B3c1ccc(N(c3ccc(C(C)(C)C)cc3)c3ccccc3-c3ccccc3)cc1N2c1ccc(C(C)(C)C)cc1-c1ccccc1. The van der Waals surface area contributed by atoms with Gasteiger partial charge in [-0.25, -0.2) is 4.98 Å². The minimum atomic E-state index is -0.441. The standard InChI is InChI=1S/C73H65BN4S/c1-71(2,3)52-32-37-55(38-33-52)76(62-29-20-19-28-58(62)49-24-15-11-16-25-49)57-41-42-61-66(46-57)78(63-43-36-54(73(7,8)9)45-59(63)50-26-17-12-18-27-50)65-31-21-30-64-67(65)74(61)69-68(77(64)56-39-34-53(35-40-56)72(4,5)6)60-44-51(47-75-70(60)79-69)48-22-13-10-14-23-48/h10-47H,1-9H3/i21D,30D,31D. The van der Waals surface area contributed by atoms with Crippen molar-refractivity contribution in [2.45, 2.75) is 78.6 Å². The number of aromatic nitrogens is 1. The molecule has 0 aliphatic carbocycles. The van der Waals surface area contributed by atoms with Crippen LogP contribution in [-0.4, -0.2) is 11.7 Å². The lowest BCUT2D eigenvalue weighted by molar-refractivity contribution is 0.590. The molecule has 0 bridgehead atoms. The van der Waals surface area contributed by atoms with Crippen LogP contribution < -0.4 is 30.4 Å². The van der Waals surface area contributed by atoms with Gasteiger partial charge in [-0.3, -0.25) is 0 Å². The predicted octanol–water partition coefficient (Wildman–Crippen LogP) is 18.7. The van der Waals surface area contributed by atoms with Crippen LogP contribution in [0.25, 0.3) is 43.6 Å². The minimum Gasteiger partial charge on any atom is -0.311 e. The summed E-state index contributed by atoms with van der Waals surface area (Å²) < 4.78 is 31.8. The van der Waals surface area contributed by atoms with Gasteiger partial charge in [-0.15, -0.1) is 11.3 Å². The summed E-state index contributed by atoms with van der Waals surface area (Å²) in [4.78, 5) is 13.0. The van der Waals surface area contributed by atoms with E-state index in [1.165, 1.54) is 16.7 Å². The zero-order chi connectivity index (χ0) is 57.0. The highest BCUT2D eigenvalue weighted by Gasteiger charge is 2.46. The van der Waals surface area contributed by atoms with E-state index in [4.69, 9.17) is 4.98 Å². The number of thiophene rings is 1. The monoisotopic (exact) mass is 1040 g/mol. The molecule has 9 aromatic carbocycles. The third-order valence-electron chi connectivity index (χ3n) is 16.0. The van der Waals surface area contributed by atoms with Crippen LogP contribution in [0.2, 0.25) is 0 Å². The Kier molecular flexibility index (Phi) is 11.3. The van der Waals surface area contributed by atoms with Crippen molar-refractivity contribution < 1.29 is 4.11 Å². The van der Waals surface area contributed by atoms with Crippen molar-refractivity contribution in [3.63, 3.8) is 0 Å². The first-order chi connectivity index (χ1) is 39.3. The lowest BCUT2D eigenvalue weighted by Crippen LogP contribution is -2.60.